The number of nitrogens with zero attached hydrogens (tertiary/aromatic N) is 2. The molecule has 2 aliphatic rings. The number of carbonyl (C=O) groups is 1. The summed E-state index contributed by atoms with van der Waals surface area (Å²) in [7, 11) is 0. The number of fused-ring (bicyclic) bond motifs is 1. The zero-order valence-corrected chi connectivity index (χ0v) is 11.7. The molecule has 2 fully saturated rings. The quantitative estimate of drug-likeness (QED) is 0.845. The van der Waals surface area contributed by atoms with Gasteiger partial charge in [-0.15, -0.1) is 6.58 Å². The van der Waals surface area contributed by atoms with E-state index in [-0.39, 0.29) is 6.03 Å². The summed E-state index contributed by atoms with van der Waals surface area (Å²) in [5.74, 6) is 0. The van der Waals surface area contributed by atoms with Crippen LogP contribution in [0.25, 0.3) is 0 Å². The smallest absolute Gasteiger partial charge is 0.317 e. The molecule has 3 rings (SSSR count). The van der Waals surface area contributed by atoms with Crippen molar-refractivity contribution in [3.63, 3.8) is 0 Å². The van der Waals surface area contributed by atoms with Crippen molar-refractivity contribution in [1.29, 1.82) is 0 Å². The van der Waals surface area contributed by atoms with Crippen molar-refractivity contribution in [3.8, 4) is 0 Å². The number of urea groups is 1. The van der Waals surface area contributed by atoms with Gasteiger partial charge in [0.25, 0.3) is 0 Å². The van der Waals surface area contributed by atoms with Crippen LogP contribution in [0.3, 0.4) is 0 Å². The zero-order valence-electron chi connectivity index (χ0n) is 11.7. The zero-order chi connectivity index (χ0) is 13.9. The van der Waals surface area contributed by atoms with Gasteiger partial charge < -0.3 is 10.2 Å². The minimum atomic E-state index is 0.0997. The van der Waals surface area contributed by atoms with Crippen molar-refractivity contribution < 1.29 is 4.79 Å². The van der Waals surface area contributed by atoms with Gasteiger partial charge in [-0.3, -0.25) is 4.90 Å². The first-order valence-corrected chi connectivity index (χ1v) is 7.22. The maximum absolute atomic E-state index is 11.6. The van der Waals surface area contributed by atoms with Crippen molar-refractivity contribution >= 4 is 6.03 Å². The van der Waals surface area contributed by atoms with Gasteiger partial charge in [0, 0.05) is 32.7 Å². The monoisotopic (exact) mass is 271 g/mol. The van der Waals surface area contributed by atoms with E-state index in [1.165, 1.54) is 11.1 Å². The van der Waals surface area contributed by atoms with Crippen LogP contribution in [0.15, 0.2) is 36.9 Å². The van der Waals surface area contributed by atoms with E-state index < -0.39 is 0 Å². The Labute approximate surface area is 120 Å². The lowest BCUT2D eigenvalue weighted by Crippen LogP contribution is -2.51. The molecule has 4 nitrogen and oxygen atoms in total. The number of piperazine rings is 1. The van der Waals surface area contributed by atoms with E-state index in [1.54, 1.807) is 0 Å². The van der Waals surface area contributed by atoms with Crippen LogP contribution in [0.5, 0.6) is 0 Å². The molecular formula is C16H21N3O. The Balaban J connectivity index is 1.62. The van der Waals surface area contributed by atoms with Crippen LogP contribution in [0, 0.1) is 0 Å². The predicted octanol–water partition coefficient (Wildman–Crippen LogP) is 1.62. The van der Waals surface area contributed by atoms with E-state index in [2.05, 4.69) is 41.1 Å². The Bertz CT molecular complexity index is 514. The van der Waals surface area contributed by atoms with Crippen molar-refractivity contribution in [1.82, 2.24) is 15.1 Å². The van der Waals surface area contributed by atoms with Gasteiger partial charge in [0.15, 0.2) is 0 Å². The van der Waals surface area contributed by atoms with Crippen LogP contribution in [0.1, 0.15) is 11.1 Å². The molecule has 0 radical (unpaired) electrons. The molecule has 20 heavy (non-hydrogen) atoms. The summed E-state index contributed by atoms with van der Waals surface area (Å²) in [5, 5.41) is 2.92. The topological polar surface area (TPSA) is 35.6 Å². The number of benzene rings is 1. The van der Waals surface area contributed by atoms with Crippen molar-refractivity contribution in [2.24, 2.45) is 0 Å². The molecule has 1 atom stereocenters. The van der Waals surface area contributed by atoms with E-state index >= 15 is 0 Å². The second kappa shape index (κ2) is 5.67. The molecule has 0 aliphatic carbocycles. The maximum atomic E-state index is 11.6. The first-order valence-electron chi connectivity index (χ1n) is 7.22. The Morgan fingerprint density at radius 3 is 3.05 bits per heavy atom. The van der Waals surface area contributed by atoms with E-state index in [4.69, 9.17) is 0 Å². The van der Waals surface area contributed by atoms with E-state index in [9.17, 15) is 4.79 Å². The molecule has 0 bridgehead atoms. The first-order chi connectivity index (χ1) is 9.76. The molecule has 2 amide bonds. The number of nitrogens with one attached hydrogen (secondary N) is 1. The van der Waals surface area contributed by atoms with Gasteiger partial charge in [-0.05, 0) is 17.5 Å². The van der Waals surface area contributed by atoms with Gasteiger partial charge in [-0.1, -0.05) is 30.3 Å². The predicted molar refractivity (Wildman–Crippen MR) is 79.5 cm³/mol. The molecule has 1 N–H and O–H groups in total. The Morgan fingerprint density at radius 2 is 2.20 bits per heavy atom. The Morgan fingerprint density at radius 1 is 1.35 bits per heavy atom. The van der Waals surface area contributed by atoms with Crippen molar-refractivity contribution in [2.75, 3.05) is 26.2 Å². The van der Waals surface area contributed by atoms with Crippen molar-refractivity contribution in [2.45, 2.75) is 19.0 Å². The lowest BCUT2D eigenvalue weighted by Gasteiger charge is -2.36. The lowest BCUT2D eigenvalue weighted by atomic mass is 10.1. The molecule has 0 aromatic heterocycles. The fourth-order valence-electron chi connectivity index (χ4n) is 3.09. The van der Waals surface area contributed by atoms with E-state index in [0.29, 0.717) is 6.04 Å². The van der Waals surface area contributed by atoms with Crippen LogP contribution >= 0.6 is 0 Å². The second-order valence-corrected chi connectivity index (χ2v) is 5.58. The summed E-state index contributed by atoms with van der Waals surface area (Å²) in [6.07, 6.45) is 2.86. The fraction of sp³-hybridized carbons (Fsp3) is 0.438. The standard InChI is InChI=1S/C16H21N3O/c1-2-4-13-5-3-6-14(9-13)11-18-7-8-19-15(12-18)10-17-16(19)20/h2-3,5-6,9,15H,1,4,7-8,10-12H2,(H,17,20). The average molecular weight is 271 g/mol. The van der Waals surface area contributed by atoms with Crippen LogP contribution < -0.4 is 5.32 Å². The fourth-order valence-corrected chi connectivity index (χ4v) is 3.09. The van der Waals surface area contributed by atoms with Gasteiger partial charge in [0.1, 0.15) is 0 Å². The summed E-state index contributed by atoms with van der Waals surface area (Å²) in [6, 6.07) is 9.13. The third kappa shape index (κ3) is 2.70. The molecule has 106 valence electrons. The van der Waals surface area contributed by atoms with Crippen molar-refractivity contribution in [3.05, 3.63) is 48.0 Å². The second-order valence-electron chi connectivity index (χ2n) is 5.58. The average Bonchev–Trinajstić information content (AvgIpc) is 2.81. The molecule has 1 aromatic carbocycles. The summed E-state index contributed by atoms with van der Waals surface area (Å²) in [6.45, 7) is 8.29. The molecule has 2 saturated heterocycles. The number of allylic oxidation sites excluding steroid dienone is 1. The van der Waals surface area contributed by atoms with Crippen LogP contribution in [0.2, 0.25) is 0 Å². The van der Waals surface area contributed by atoms with Crippen LogP contribution in [-0.2, 0) is 13.0 Å². The van der Waals surface area contributed by atoms with Crippen LogP contribution in [0.4, 0.5) is 4.79 Å². The molecule has 0 saturated carbocycles. The Hall–Kier alpha value is -1.81. The highest BCUT2D eigenvalue weighted by Gasteiger charge is 2.35. The van der Waals surface area contributed by atoms with Gasteiger partial charge in [-0.25, -0.2) is 4.79 Å². The highest BCUT2D eigenvalue weighted by atomic mass is 16.2. The normalized spacial score (nSPS) is 22.5. The Kier molecular flexibility index (Phi) is 3.74. The number of hydrogen-bond donors (Lipinski definition) is 1. The minimum Gasteiger partial charge on any atom is -0.336 e. The third-order valence-corrected chi connectivity index (χ3v) is 4.09. The molecule has 1 aromatic rings. The first kappa shape index (κ1) is 13.2. The molecule has 4 heteroatoms. The molecule has 1 unspecified atom stereocenters. The summed E-state index contributed by atoms with van der Waals surface area (Å²) in [4.78, 5) is 16.0. The third-order valence-electron chi connectivity index (χ3n) is 4.09. The van der Waals surface area contributed by atoms with Gasteiger partial charge in [0.2, 0.25) is 0 Å². The largest absolute Gasteiger partial charge is 0.336 e. The highest BCUT2D eigenvalue weighted by molar-refractivity contribution is 5.77. The SMILES string of the molecule is C=CCc1cccc(CN2CCN3C(=O)NCC3C2)c1. The minimum absolute atomic E-state index is 0.0997. The van der Waals surface area contributed by atoms with E-state index in [0.717, 1.165) is 39.1 Å². The molecular weight excluding hydrogens is 250 g/mol. The van der Waals surface area contributed by atoms with Gasteiger partial charge in [0.05, 0.1) is 6.04 Å². The summed E-state index contributed by atoms with van der Waals surface area (Å²) in [5.41, 5.74) is 2.66. The molecule has 0 spiro atoms. The number of hydrogen-bond acceptors (Lipinski definition) is 2. The molecule has 2 aliphatic heterocycles. The maximum Gasteiger partial charge on any atom is 0.317 e. The number of amides is 2. The van der Waals surface area contributed by atoms with E-state index in [1.807, 2.05) is 11.0 Å². The number of rotatable bonds is 4. The van der Waals surface area contributed by atoms with Crippen LogP contribution in [-0.4, -0.2) is 48.1 Å². The summed E-state index contributed by atoms with van der Waals surface area (Å²) < 4.78 is 0. The molecule has 2 heterocycles. The lowest BCUT2D eigenvalue weighted by molar-refractivity contribution is 0.116. The summed E-state index contributed by atoms with van der Waals surface area (Å²) >= 11 is 0. The highest BCUT2D eigenvalue weighted by Crippen LogP contribution is 2.17. The van der Waals surface area contributed by atoms with Gasteiger partial charge in [-0.2, -0.15) is 0 Å². The van der Waals surface area contributed by atoms with Gasteiger partial charge >= 0.3 is 6.03 Å². The number of carbonyl (C=O) groups excluding carboxylic acids is 1.